The molecule has 1 fully saturated rings. The molecule has 0 unspecified atom stereocenters. The number of anilines is 1. The number of amides is 2. The number of piperidine rings is 1. The van der Waals surface area contributed by atoms with Crippen molar-refractivity contribution < 1.29 is 9.59 Å². The summed E-state index contributed by atoms with van der Waals surface area (Å²) in [4.78, 5) is 26.5. The Morgan fingerprint density at radius 1 is 1.35 bits per heavy atom. The lowest BCUT2D eigenvalue weighted by atomic mass is 10.0. The van der Waals surface area contributed by atoms with Crippen LogP contribution < -0.4 is 10.2 Å². The van der Waals surface area contributed by atoms with Crippen molar-refractivity contribution in [3.05, 3.63) is 48.3 Å². The zero-order valence-corrected chi connectivity index (χ0v) is 13.1. The first-order valence-electron chi connectivity index (χ1n) is 7.78. The maximum absolute atomic E-state index is 12.6. The van der Waals surface area contributed by atoms with Crippen molar-refractivity contribution in [3.63, 3.8) is 0 Å². The molecule has 6 nitrogen and oxygen atoms in total. The maximum Gasteiger partial charge on any atom is 0.249 e. The van der Waals surface area contributed by atoms with E-state index in [2.05, 4.69) is 10.4 Å². The molecule has 1 N–H and O–H groups in total. The zero-order chi connectivity index (χ0) is 16.2. The molecule has 23 heavy (non-hydrogen) atoms. The van der Waals surface area contributed by atoms with E-state index in [1.165, 1.54) is 0 Å². The molecule has 1 aliphatic heterocycles. The highest BCUT2D eigenvalue weighted by atomic mass is 16.2. The second-order valence-corrected chi connectivity index (χ2v) is 5.79. The van der Waals surface area contributed by atoms with E-state index >= 15 is 0 Å². The minimum absolute atomic E-state index is 0.0473. The first kappa shape index (κ1) is 15.3. The monoisotopic (exact) mass is 312 g/mol. The van der Waals surface area contributed by atoms with Gasteiger partial charge in [-0.25, -0.2) is 0 Å². The highest BCUT2D eigenvalue weighted by Crippen LogP contribution is 2.21. The lowest BCUT2D eigenvalue weighted by Crippen LogP contribution is -2.53. The van der Waals surface area contributed by atoms with Crippen LogP contribution in [0.25, 0.3) is 0 Å². The van der Waals surface area contributed by atoms with E-state index in [4.69, 9.17) is 0 Å². The van der Waals surface area contributed by atoms with Gasteiger partial charge in [0, 0.05) is 24.6 Å². The third kappa shape index (κ3) is 3.59. The van der Waals surface area contributed by atoms with Gasteiger partial charge >= 0.3 is 0 Å². The van der Waals surface area contributed by atoms with Gasteiger partial charge in [-0.1, -0.05) is 17.7 Å². The Bertz CT molecular complexity index is 679. The third-order valence-electron chi connectivity index (χ3n) is 3.98. The van der Waals surface area contributed by atoms with Crippen LogP contribution in [-0.4, -0.2) is 34.2 Å². The first-order valence-corrected chi connectivity index (χ1v) is 7.78. The van der Waals surface area contributed by atoms with Gasteiger partial charge in [-0.15, -0.1) is 0 Å². The number of carbonyl (C=O) groups is 2. The summed E-state index contributed by atoms with van der Waals surface area (Å²) in [5.41, 5.74) is 2.04. The number of hydrogen-bond acceptors (Lipinski definition) is 3. The van der Waals surface area contributed by atoms with Crippen molar-refractivity contribution in [2.45, 2.75) is 32.4 Å². The second kappa shape index (κ2) is 6.64. The quantitative estimate of drug-likeness (QED) is 0.930. The summed E-state index contributed by atoms with van der Waals surface area (Å²) in [6, 6.07) is 9.17. The third-order valence-corrected chi connectivity index (χ3v) is 3.98. The molecule has 1 aromatic heterocycles. The van der Waals surface area contributed by atoms with Crippen LogP contribution in [0, 0.1) is 6.92 Å². The summed E-state index contributed by atoms with van der Waals surface area (Å²) >= 11 is 0. The highest BCUT2D eigenvalue weighted by molar-refractivity contribution is 5.99. The number of nitrogens with one attached hydrogen (secondary N) is 1. The van der Waals surface area contributed by atoms with Crippen LogP contribution in [0.4, 0.5) is 5.69 Å². The topological polar surface area (TPSA) is 67.2 Å². The van der Waals surface area contributed by atoms with Crippen LogP contribution in [-0.2, 0) is 16.1 Å². The lowest BCUT2D eigenvalue weighted by Gasteiger charge is -2.32. The van der Waals surface area contributed by atoms with Crippen LogP contribution >= 0.6 is 0 Å². The SMILES string of the molecule is Cc1ccc(N2CCC[C@@H](NC(=O)Cn3cccn3)C2=O)cc1. The Morgan fingerprint density at radius 2 is 2.13 bits per heavy atom. The number of benzene rings is 1. The molecule has 3 rings (SSSR count). The van der Waals surface area contributed by atoms with Crippen LogP contribution in [0.5, 0.6) is 0 Å². The Hall–Kier alpha value is -2.63. The van der Waals surface area contributed by atoms with E-state index in [9.17, 15) is 9.59 Å². The van der Waals surface area contributed by atoms with Gasteiger partial charge in [0.05, 0.1) is 0 Å². The average Bonchev–Trinajstić information content (AvgIpc) is 3.03. The van der Waals surface area contributed by atoms with Crippen molar-refractivity contribution in [2.75, 3.05) is 11.4 Å². The summed E-state index contributed by atoms with van der Waals surface area (Å²) in [6.45, 7) is 2.83. The second-order valence-electron chi connectivity index (χ2n) is 5.79. The van der Waals surface area contributed by atoms with E-state index in [0.29, 0.717) is 13.0 Å². The number of hydrogen-bond donors (Lipinski definition) is 1. The van der Waals surface area contributed by atoms with Crippen LogP contribution in [0.1, 0.15) is 18.4 Å². The number of aryl methyl sites for hydroxylation is 1. The van der Waals surface area contributed by atoms with Crippen LogP contribution in [0.3, 0.4) is 0 Å². The molecule has 120 valence electrons. The van der Waals surface area contributed by atoms with Crippen molar-refractivity contribution in [3.8, 4) is 0 Å². The average molecular weight is 312 g/mol. The Labute approximate surface area is 135 Å². The minimum atomic E-state index is -0.465. The number of rotatable bonds is 4. The van der Waals surface area contributed by atoms with Crippen LogP contribution in [0.15, 0.2) is 42.7 Å². The molecule has 2 aromatic rings. The predicted octanol–water partition coefficient (Wildman–Crippen LogP) is 1.50. The number of nitrogens with zero attached hydrogens (tertiary/aromatic N) is 3. The van der Waals surface area contributed by atoms with Gasteiger partial charge in [-0.05, 0) is 38.0 Å². The maximum atomic E-state index is 12.6. The van der Waals surface area contributed by atoms with Crippen molar-refractivity contribution in [1.82, 2.24) is 15.1 Å². The molecule has 0 saturated carbocycles. The first-order chi connectivity index (χ1) is 11.1. The number of aromatic nitrogens is 2. The van der Waals surface area contributed by atoms with Crippen molar-refractivity contribution in [2.24, 2.45) is 0 Å². The summed E-state index contributed by atoms with van der Waals surface area (Å²) in [5, 5.41) is 6.83. The molecule has 0 spiro atoms. The molecular formula is C17H20N4O2. The van der Waals surface area contributed by atoms with E-state index in [1.807, 2.05) is 31.2 Å². The van der Waals surface area contributed by atoms with E-state index in [1.54, 1.807) is 28.0 Å². The largest absolute Gasteiger partial charge is 0.343 e. The van der Waals surface area contributed by atoms with Crippen molar-refractivity contribution in [1.29, 1.82) is 0 Å². The van der Waals surface area contributed by atoms with E-state index in [-0.39, 0.29) is 18.4 Å². The molecule has 2 heterocycles. The fraction of sp³-hybridized carbons (Fsp3) is 0.353. The summed E-state index contributed by atoms with van der Waals surface area (Å²) in [7, 11) is 0. The Morgan fingerprint density at radius 3 is 2.83 bits per heavy atom. The number of carbonyl (C=O) groups excluding carboxylic acids is 2. The Balaban J connectivity index is 1.65. The van der Waals surface area contributed by atoms with E-state index < -0.39 is 6.04 Å². The normalized spacial score (nSPS) is 18.0. The molecule has 1 aromatic carbocycles. The minimum Gasteiger partial charge on any atom is -0.343 e. The summed E-state index contributed by atoms with van der Waals surface area (Å²) in [5.74, 6) is -0.244. The van der Waals surface area contributed by atoms with E-state index in [0.717, 1.165) is 17.7 Å². The summed E-state index contributed by atoms with van der Waals surface area (Å²) < 4.78 is 1.54. The fourth-order valence-corrected chi connectivity index (χ4v) is 2.77. The van der Waals surface area contributed by atoms with Crippen LogP contribution in [0.2, 0.25) is 0 Å². The van der Waals surface area contributed by atoms with Gasteiger partial charge in [-0.2, -0.15) is 5.10 Å². The molecule has 0 bridgehead atoms. The molecular weight excluding hydrogens is 292 g/mol. The molecule has 6 heteroatoms. The van der Waals surface area contributed by atoms with Gasteiger partial charge in [0.15, 0.2) is 0 Å². The van der Waals surface area contributed by atoms with Crippen molar-refractivity contribution >= 4 is 17.5 Å². The Kier molecular flexibility index (Phi) is 4.41. The van der Waals surface area contributed by atoms with Gasteiger partial charge < -0.3 is 10.2 Å². The lowest BCUT2D eigenvalue weighted by molar-refractivity contribution is -0.128. The zero-order valence-electron chi connectivity index (χ0n) is 13.1. The van der Waals surface area contributed by atoms with Gasteiger partial charge in [0.1, 0.15) is 12.6 Å². The molecule has 1 aliphatic rings. The molecule has 2 amide bonds. The van der Waals surface area contributed by atoms with Gasteiger partial charge in [0.25, 0.3) is 0 Å². The fourth-order valence-electron chi connectivity index (χ4n) is 2.77. The highest BCUT2D eigenvalue weighted by Gasteiger charge is 2.30. The molecule has 1 atom stereocenters. The summed E-state index contributed by atoms with van der Waals surface area (Å²) in [6.07, 6.45) is 4.89. The molecule has 0 aliphatic carbocycles. The predicted molar refractivity (Wildman–Crippen MR) is 86.9 cm³/mol. The molecule has 0 radical (unpaired) electrons. The molecule has 1 saturated heterocycles. The van der Waals surface area contributed by atoms with Gasteiger partial charge in [-0.3, -0.25) is 14.3 Å². The smallest absolute Gasteiger partial charge is 0.249 e. The standard InChI is InChI=1S/C17H20N4O2/c1-13-5-7-14(8-6-13)21-11-2-4-15(17(21)23)19-16(22)12-20-10-3-9-18-20/h3,5-10,15H,2,4,11-12H2,1H3,(H,19,22)/t15-/m1/s1. The van der Waals surface area contributed by atoms with Gasteiger partial charge in [0.2, 0.25) is 11.8 Å².